The Hall–Kier alpha value is -2.94. The third-order valence-corrected chi connectivity index (χ3v) is 6.37. The number of aryl methyl sites for hydroxylation is 1. The smallest absolute Gasteiger partial charge is 0.343 e. The highest BCUT2D eigenvalue weighted by Crippen LogP contribution is 2.29. The van der Waals surface area contributed by atoms with Gasteiger partial charge in [0.05, 0.1) is 5.56 Å². The second kappa shape index (κ2) is 8.90. The van der Waals surface area contributed by atoms with Gasteiger partial charge in [0.1, 0.15) is 5.82 Å². The second-order valence-electron chi connectivity index (χ2n) is 8.02. The fraction of sp³-hybridized carbons (Fsp3) is 0.348. The van der Waals surface area contributed by atoms with E-state index in [4.69, 9.17) is 0 Å². The summed E-state index contributed by atoms with van der Waals surface area (Å²) >= 11 is 1.35. The second-order valence-corrected chi connectivity index (χ2v) is 8.75. The van der Waals surface area contributed by atoms with E-state index in [1.54, 1.807) is 4.90 Å². The first-order valence-electron chi connectivity index (χ1n) is 10.3. The lowest BCUT2D eigenvalue weighted by molar-refractivity contribution is -0.137. The first kappa shape index (κ1) is 22.3. The molecule has 32 heavy (non-hydrogen) atoms. The lowest BCUT2D eigenvalue weighted by Crippen LogP contribution is -2.54. The van der Waals surface area contributed by atoms with Gasteiger partial charge in [-0.15, -0.1) is 0 Å². The van der Waals surface area contributed by atoms with Gasteiger partial charge < -0.3 is 9.80 Å². The molecular weight excluding hydrogens is 437 g/mol. The van der Waals surface area contributed by atoms with Crippen LogP contribution in [0.4, 0.5) is 18.3 Å². The van der Waals surface area contributed by atoms with E-state index >= 15 is 0 Å². The van der Waals surface area contributed by atoms with E-state index in [0.29, 0.717) is 26.1 Å². The van der Waals surface area contributed by atoms with Crippen molar-refractivity contribution in [2.75, 3.05) is 24.5 Å². The molecule has 1 aromatic heterocycles. The van der Waals surface area contributed by atoms with E-state index in [-0.39, 0.29) is 17.5 Å². The van der Waals surface area contributed by atoms with E-state index in [1.165, 1.54) is 29.2 Å². The topological polar surface area (TPSA) is 49.3 Å². The van der Waals surface area contributed by atoms with Gasteiger partial charge in [0.25, 0.3) is 5.91 Å². The first-order valence-corrected chi connectivity index (χ1v) is 11.1. The normalized spacial score (nSPS) is 17.0. The van der Waals surface area contributed by atoms with E-state index in [0.717, 1.165) is 28.7 Å². The van der Waals surface area contributed by atoms with Gasteiger partial charge in [-0.25, -0.2) is 4.98 Å². The summed E-state index contributed by atoms with van der Waals surface area (Å²) in [4.78, 5) is 21.3. The van der Waals surface area contributed by atoms with Crippen molar-refractivity contribution in [1.29, 1.82) is 0 Å². The molecule has 4 rings (SSSR count). The molecule has 2 aromatic carbocycles. The number of hydrogen-bond donors (Lipinski definition) is 0. The Kier molecular flexibility index (Phi) is 6.19. The summed E-state index contributed by atoms with van der Waals surface area (Å²) < 4.78 is 42.8. The zero-order chi connectivity index (χ0) is 22.9. The van der Waals surface area contributed by atoms with Crippen LogP contribution in [0, 0.1) is 6.92 Å². The van der Waals surface area contributed by atoms with Crippen LogP contribution in [0.5, 0.6) is 0 Å². The number of rotatable bonds is 4. The van der Waals surface area contributed by atoms with Crippen LogP contribution in [0.15, 0.2) is 48.5 Å². The number of carbonyl (C=O) groups excluding carboxylic acids is 1. The van der Waals surface area contributed by atoms with Crippen LogP contribution < -0.4 is 4.90 Å². The SMILES string of the molecule is Cc1ccc(Cc2nsc(N3CCN(C(=O)c4ccc(C(F)(F)F)cc4)C(C)C3)n2)cc1. The van der Waals surface area contributed by atoms with E-state index in [2.05, 4.69) is 38.5 Å². The summed E-state index contributed by atoms with van der Waals surface area (Å²) in [6, 6.07) is 12.6. The minimum atomic E-state index is -4.42. The van der Waals surface area contributed by atoms with Crippen molar-refractivity contribution < 1.29 is 18.0 Å². The van der Waals surface area contributed by atoms with Gasteiger partial charge >= 0.3 is 6.18 Å². The lowest BCUT2D eigenvalue weighted by Gasteiger charge is -2.39. The maximum absolute atomic E-state index is 12.8. The standard InChI is InChI=1S/C23H23F3N4OS/c1-15-3-5-17(6-4-15)13-20-27-22(32-28-20)29-11-12-30(16(2)14-29)21(31)18-7-9-19(10-8-18)23(24,25)26/h3-10,16H,11-14H2,1-2H3. The predicted octanol–water partition coefficient (Wildman–Crippen LogP) is 4.81. The highest BCUT2D eigenvalue weighted by atomic mass is 32.1. The van der Waals surface area contributed by atoms with Crippen LogP contribution in [0.3, 0.4) is 0 Å². The maximum Gasteiger partial charge on any atom is 0.416 e. The Bertz CT molecular complexity index is 1080. The molecule has 1 aliphatic heterocycles. The van der Waals surface area contributed by atoms with Crippen LogP contribution in [0.1, 0.15) is 39.8 Å². The van der Waals surface area contributed by atoms with Gasteiger partial charge in [-0.05, 0) is 43.7 Å². The van der Waals surface area contributed by atoms with E-state index < -0.39 is 11.7 Å². The van der Waals surface area contributed by atoms with Crippen molar-refractivity contribution in [2.24, 2.45) is 0 Å². The average Bonchev–Trinajstić information content (AvgIpc) is 3.23. The number of amides is 1. The average molecular weight is 461 g/mol. The van der Waals surface area contributed by atoms with Crippen molar-refractivity contribution in [3.8, 4) is 0 Å². The molecule has 0 radical (unpaired) electrons. The quantitative estimate of drug-likeness (QED) is 0.561. The molecule has 1 amide bonds. The molecule has 1 aliphatic rings. The van der Waals surface area contributed by atoms with Gasteiger partial charge in [0.15, 0.2) is 0 Å². The molecule has 2 heterocycles. The molecule has 168 valence electrons. The largest absolute Gasteiger partial charge is 0.416 e. The maximum atomic E-state index is 12.8. The number of halogens is 3. The fourth-order valence-electron chi connectivity index (χ4n) is 3.73. The molecule has 9 heteroatoms. The number of carbonyl (C=O) groups is 1. The molecule has 0 spiro atoms. The van der Waals surface area contributed by atoms with Gasteiger partial charge in [0.2, 0.25) is 5.13 Å². The summed E-state index contributed by atoms with van der Waals surface area (Å²) in [5.74, 6) is 0.507. The van der Waals surface area contributed by atoms with E-state index in [9.17, 15) is 18.0 Å². The lowest BCUT2D eigenvalue weighted by atomic mass is 10.1. The minimum Gasteiger partial charge on any atom is -0.343 e. The summed E-state index contributed by atoms with van der Waals surface area (Å²) in [5, 5.41) is 0.820. The number of anilines is 1. The number of alkyl halides is 3. The number of hydrogen-bond acceptors (Lipinski definition) is 5. The van der Waals surface area contributed by atoms with Crippen molar-refractivity contribution >= 4 is 22.6 Å². The third-order valence-electron chi connectivity index (χ3n) is 5.56. The van der Waals surface area contributed by atoms with Crippen LogP contribution >= 0.6 is 11.5 Å². The number of nitrogens with zero attached hydrogens (tertiary/aromatic N) is 4. The Labute approximate surface area is 188 Å². The van der Waals surface area contributed by atoms with Gasteiger partial charge in [-0.1, -0.05) is 29.8 Å². The Balaban J connectivity index is 1.38. The third kappa shape index (κ3) is 4.93. The summed E-state index contributed by atoms with van der Waals surface area (Å²) in [7, 11) is 0. The monoisotopic (exact) mass is 460 g/mol. The predicted molar refractivity (Wildman–Crippen MR) is 118 cm³/mol. The van der Waals surface area contributed by atoms with Gasteiger partial charge in [0, 0.05) is 49.2 Å². The molecule has 1 unspecified atom stereocenters. The van der Waals surface area contributed by atoms with Gasteiger partial charge in [-0.3, -0.25) is 4.79 Å². The van der Waals surface area contributed by atoms with Crippen LogP contribution in [0.2, 0.25) is 0 Å². The summed E-state index contributed by atoms with van der Waals surface area (Å²) in [5.41, 5.74) is 1.86. The highest BCUT2D eigenvalue weighted by Gasteiger charge is 2.32. The van der Waals surface area contributed by atoms with Crippen LogP contribution in [-0.4, -0.2) is 45.8 Å². The molecule has 3 aromatic rings. The Morgan fingerprint density at radius 3 is 2.41 bits per heavy atom. The number of benzene rings is 2. The van der Waals surface area contributed by atoms with Crippen molar-refractivity contribution in [3.63, 3.8) is 0 Å². The Morgan fingerprint density at radius 1 is 1.09 bits per heavy atom. The van der Waals surface area contributed by atoms with E-state index in [1.807, 2.05) is 13.8 Å². The molecular formula is C23H23F3N4OS. The molecule has 1 atom stereocenters. The van der Waals surface area contributed by atoms with Crippen LogP contribution in [-0.2, 0) is 12.6 Å². The molecule has 0 saturated carbocycles. The molecule has 5 nitrogen and oxygen atoms in total. The van der Waals surface area contributed by atoms with Crippen LogP contribution in [0.25, 0.3) is 0 Å². The molecule has 0 bridgehead atoms. The Morgan fingerprint density at radius 2 is 1.78 bits per heavy atom. The van der Waals surface area contributed by atoms with Crippen molar-refractivity contribution in [2.45, 2.75) is 32.5 Å². The fourth-order valence-corrected chi connectivity index (χ4v) is 4.45. The summed E-state index contributed by atoms with van der Waals surface area (Å²) in [6.07, 6.45) is -3.75. The minimum absolute atomic E-state index is 0.108. The molecule has 1 fully saturated rings. The molecule has 1 saturated heterocycles. The van der Waals surface area contributed by atoms with Crippen molar-refractivity contribution in [3.05, 3.63) is 76.6 Å². The van der Waals surface area contributed by atoms with Gasteiger partial charge in [-0.2, -0.15) is 17.5 Å². The highest BCUT2D eigenvalue weighted by molar-refractivity contribution is 7.09. The first-order chi connectivity index (χ1) is 15.2. The zero-order valence-corrected chi connectivity index (χ0v) is 18.6. The molecule has 0 N–H and O–H groups in total. The number of piperazine rings is 1. The summed E-state index contributed by atoms with van der Waals surface area (Å²) in [6.45, 7) is 5.63. The zero-order valence-electron chi connectivity index (χ0n) is 17.8. The van der Waals surface area contributed by atoms with Crippen molar-refractivity contribution in [1.82, 2.24) is 14.3 Å². The number of aromatic nitrogens is 2. The molecule has 0 aliphatic carbocycles.